The van der Waals surface area contributed by atoms with Crippen molar-refractivity contribution in [2.45, 2.75) is 33.2 Å². The topological polar surface area (TPSA) is 55.4 Å². The third kappa shape index (κ3) is 4.57. The van der Waals surface area contributed by atoms with Crippen molar-refractivity contribution >= 4 is 11.9 Å². The SMILES string of the molecule is Cc1ccccc1C(=O)OCC(=O)NC(C)(C)C. The van der Waals surface area contributed by atoms with Gasteiger partial charge in [0.25, 0.3) is 5.91 Å². The van der Waals surface area contributed by atoms with Crippen LogP contribution in [-0.2, 0) is 9.53 Å². The zero-order valence-electron chi connectivity index (χ0n) is 11.2. The molecule has 0 unspecified atom stereocenters. The minimum atomic E-state index is -0.475. The van der Waals surface area contributed by atoms with E-state index in [0.717, 1.165) is 5.56 Å². The van der Waals surface area contributed by atoms with Gasteiger partial charge in [-0.2, -0.15) is 0 Å². The first-order chi connectivity index (χ1) is 8.29. The summed E-state index contributed by atoms with van der Waals surface area (Å²) in [5.74, 6) is -0.776. The second kappa shape index (κ2) is 5.67. The lowest BCUT2D eigenvalue weighted by Gasteiger charge is -2.20. The molecule has 1 amide bonds. The normalized spacial score (nSPS) is 10.9. The van der Waals surface area contributed by atoms with Gasteiger partial charge in [-0.25, -0.2) is 4.79 Å². The summed E-state index contributed by atoms with van der Waals surface area (Å²) in [4.78, 5) is 23.2. The van der Waals surface area contributed by atoms with E-state index in [9.17, 15) is 9.59 Å². The highest BCUT2D eigenvalue weighted by atomic mass is 16.5. The zero-order chi connectivity index (χ0) is 13.8. The molecule has 1 aromatic carbocycles. The van der Waals surface area contributed by atoms with Gasteiger partial charge in [0.15, 0.2) is 6.61 Å². The number of aryl methyl sites for hydroxylation is 1. The van der Waals surface area contributed by atoms with Crippen LogP contribution < -0.4 is 5.32 Å². The minimum Gasteiger partial charge on any atom is -0.452 e. The fraction of sp³-hybridized carbons (Fsp3) is 0.429. The van der Waals surface area contributed by atoms with Crippen molar-refractivity contribution < 1.29 is 14.3 Å². The summed E-state index contributed by atoms with van der Waals surface area (Å²) in [6, 6.07) is 7.11. The van der Waals surface area contributed by atoms with Crippen LogP contribution in [0, 0.1) is 6.92 Å². The Labute approximate surface area is 107 Å². The molecule has 0 aliphatic heterocycles. The molecule has 0 fully saturated rings. The van der Waals surface area contributed by atoms with Crippen molar-refractivity contribution in [2.75, 3.05) is 6.61 Å². The molecule has 18 heavy (non-hydrogen) atoms. The van der Waals surface area contributed by atoms with Gasteiger partial charge < -0.3 is 10.1 Å². The summed E-state index contributed by atoms with van der Waals surface area (Å²) in [7, 11) is 0. The molecule has 0 spiro atoms. The lowest BCUT2D eigenvalue weighted by molar-refractivity contribution is -0.125. The van der Waals surface area contributed by atoms with Gasteiger partial charge in [-0.15, -0.1) is 0 Å². The molecule has 98 valence electrons. The predicted octanol–water partition coefficient (Wildman–Crippen LogP) is 2.07. The lowest BCUT2D eigenvalue weighted by Crippen LogP contribution is -2.42. The van der Waals surface area contributed by atoms with Crippen molar-refractivity contribution in [2.24, 2.45) is 0 Å². The van der Waals surface area contributed by atoms with Gasteiger partial charge in [-0.3, -0.25) is 4.79 Å². The quantitative estimate of drug-likeness (QED) is 0.834. The van der Waals surface area contributed by atoms with E-state index in [1.54, 1.807) is 12.1 Å². The average molecular weight is 249 g/mol. The molecule has 1 aromatic rings. The Hall–Kier alpha value is -1.84. The lowest BCUT2D eigenvalue weighted by atomic mass is 10.1. The molecule has 4 heteroatoms. The first-order valence-corrected chi connectivity index (χ1v) is 5.83. The van der Waals surface area contributed by atoms with Crippen molar-refractivity contribution in [3.05, 3.63) is 35.4 Å². The van der Waals surface area contributed by atoms with Crippen molar-refractivity contribution in [3.8, 4) is 0 Å². The molecule has 0 saturated carbocycles. The van der Waals surface area contributed by atoms with Gasteiger partial charge in [0.2, 0.25) is 0 Å². The number of nitrogens with one attached hydrogen (secondary N) is 1. The summed E-state index contributed by atoms with van der Waals surface area (Å²) in [6.45, 7) is 7.17. The van der Waals surface area contributed by atoms with Crippen LogP contribution in [-0.4, -0.2) is 24.0 Å². The Morgan fingerprint density at radius 1 is 1.22 bits per heavy atom. The van der Waals surface area contributed by atoms with Gasteiger partial charge in [0.05, 0.1) is 5.56 Å². The van der Waals surface area contributed by atoms with Crippen molar-refractivity contribution in [1.29, 1.82) is 0 Å². The average Bonchev–Trinajstić information content (AvgIpc) is 2.24. The number of carbonyl (C=O) groups is 2. The van der Waals surface area contributed by atoms with Crippen molar-refractivity contribution in [3.63, 3.8) is 0 Å². The molecule has 0 aromatic heterocycles. The number of carbonyl (C=O) groups excluding carboxylic acids is 2. The maximum Gasteiger partial charge on any atom is 0.338 e. The van der Waals surface area contributed by atoms with E-state index in [2.05, 4.69) is 5.32 Å². The summed E-state index contributed by atoms with van der Waals surface area (Å²) in [5.41, 5.74) is 0.992. The number of hydrogen-bond donors (Lipinski definition) is 1. The molecule has 4 nitrogen and oxygen atoms in total. The fourth-order valence-corrected chi connectivity index (χ4v) is 1.47. The number of rotatable bonds is 3. The molecular formula is C14H19NO3. The highest BCUT2D eigenvalue weighted by molar-refractivity contribution is 5.92. The van der Waals surface area contributed by atoms with Gasteiger partial charge in [0.1, 0.15) is 0 Å². The minimum absolute atomic E-state index is 0.259. The Morgan fingerprint density at radius 3 is 2.39 bits per heavy atom. The highest BCUT2D eigenvalue weighted by Crippen LogP contribution is 2.08. The van der Waals surface area contributed by atoms with Crippen LogP contribution in [0.15, 0.2) is 24.3 Å². The van der Waals surface area contributed by atoms with E-state index in [1.807, 2.05) is 39.8 Å². The maximum absolute atomic E-state index is 11.7. The molecule has 0 aliphatic carbocycles. The van der Waals surface area contributed by atoms with Crippen LogP contribution in [0.2, 0.25) is 0 Å². The van der Waals surface area contributed by atoms with Crippen LogP contribution >= 0.6 is 0 Å². The van der Waals surface area contributed by atoms with Crippen LogP contribution in [0.1, 0.15) is 36.7 Å². The Kier molecular flexibility index (Phi) is 4.48. The Balaban J connectivity index is 2.52. The summed E-state index contributed by atoms with van der Waals surface area (Å²) in [5, 5.41) is 2.72. The molecule has 0 radical (unpaired) electrons. The monoisotopic (exact) mass is 249 g/mol. The second-order valence-corrected chi connectivity index (χ2v) is 5.19. The van der Waals surface area contributed by atoms with E-state index in [0.29, 0.717) is 5.56 Å². The summed E-state index contributed by atoms with van der Waals surface area (Å²) in [6.07, 6.45) is 0. The van der Waals surface area contributed by atoms with Crippen LogP contribution in [0.4, 0.5) is 0 Å². The predicted molar refractivity (Wildman–Crippen MR) is 69.4 cm³/mol. The Morgan fingerprint density at radius 2 is 1.83 bits per heavy atom. The molecular weight excluding hydrogens is 230 g/mol. The smallest absolute Gasteiger partial charge is 0.338 e. The number of benzene rings is 1. The number of hydrogen-bond acceptors (Lipinski definition) is 3. The van der Waals surface area contributed by atoms with E-state index in [-0.39, 0.29) is 18.1 Å². The first-order valence-electron chi connectivity index (χ1n) is 5.83. The standard InChI is InChI=1S/C14H19NO3/c1-10-7-5-6-8-11(10)13(17)18-9-12(16)15-14(2,3)4/h5-8H,9H2,1-4H3,(H,15,16). The van der Waals surface area contributed by atoms with Crippen LogP contribution in [0.25, 0.3) is 0 Å². The molecule has 0 aliphatic rings. The van der Waals surface area contributed by atoms with Crippen LogP contribution in [0.3, 0.4) is 0 Å². The van der Waals surface area contributed by atoms with E-state index in [4.69, 9.17) is 4.74 Å². The third-order valence-electron chi connectivity index (χ3n) is 2.21. The van der Waals surface area contributed by atoms with E-state index in [1.165, 1.54) is 0 Å². The third-order valence-corrected chi connectivity index (χ3v) is 2.21. The number of ether oxygens (including phenoxy) is 1. The van der Waals surface area contributed by atoms with E-state index >= 15 is 0 Å². The number of amides is 1. The van der Waals surface area contributed by atoms with Gasteiger partial charge in [-0.1, -0.05) is 18.2 Å². The zero-order valence-corrected chi connectivity index (χ0v) is 11.2. The fourth-order valence-electron chi connectivity index (χ4n) is 1.47. The molecule has 1 N–H and O–H groups in total. The van der Waals surface area contributed by atoms with Gasteiger partial charge >= 0.3 is 5.97 Å². The largest absolute Gasteiger partial charge is 0.452 e. The van der Waals surface area contributed by atoms with Crippen molar-refractivity contribution in [1.82, 2.24) is 5.32 Å². The summed E-state index contributed by atoms with van der Waals surface area (Å²) >= 11 is 0. The second-order valence-electron chi connectivity index (χ2n) is 5.19. The molecule has 1 rings (SSSR count). The maximum atomic E-state index is 11.7. The molecule has 0 heterocycles. The highest BCUT2D eigenvalue weighted by Gasteiger charge is 2.16. The van der Waals surface area contributed by atoms with Gasteiger partial charge in [0, 0.05) is 5.54 Å². The molecule has 0 saturated heterocycles. The Bertz CT molecular complexity index is 447. The summed E-state index contributed by atoms with van der Waals surface area (Å²) < 4.78 is 4.97. The first kappa shape index (κ1) is 14.2. The van der Waals surface area contributed by atoms with E-state index < -0.39 is 5.97 Å². The molecule has 0 bridgehead atoms. The molecule has 0 atom stereocenters. The number of esters is 1. The van der Waals surface area contributed by atoms with Gasteiger partial charge in [-0.05, 0) is 39.3 Å². The van der Waals surface area contributed by atoms with Crippen LogP contribution in [0.5, 0.6) is 0 Å².